The molecule has 7 heteroatoms. The van der Waals surface area contributed by atoms with Gasteiger partial charge in [0.2, 0.25) is 10.0 Å². The fraction of sp³-hybridized carbons (Fsp3) is 0.600. The summed E-state index contributed by atoms with van der Waals surface area (Å²) < 4.78 is 28.9. The van der Waals surface area contributed by atoms with E-state index in [0.717, 1.165) is 0 Å². The third-order valence-electron chi connectivity index (χ3n) is 4.18. The number of sulfonamides is 1. The van der Waals surface area contributed by atoms with Crippen molar-refractivity contribution in [3.8, 4) is 0 Å². The maximum Gasteiger partial charge on any atom is 0.247 e. The second-order valence-corrected chi connectivity index (χ2v) is 7.52. The summed E-state index contributed by atoms with van der Waals surface area (Å²) in [6.45, 7) is 7.41. The smallest absolute Gasteiger partial charge is 0.247 e. The lowest BCUT2D eigenvalue weighted by Gasteiger charge is -2.23. The van der Waals surface area contributed by atoms with E-state index in [4.69, 9.17) is 0 Å². The van der Waals surface area contributed by atoms with E-state index in [1.165, 1.54) is 4.31 Å². The number of carbonyl (C=O) groups is 1. The number of aryl methyl sites for hydroxylation is 2. The van der Waals surface area contributed by atoms with Gasteiger partial charge in [0.15, 0.2) is 5.78 Å². The first-order valence-electron chi connectivity index (χ1n) is 7.46. The van der Waals surface area contributed by atoms with Crippen molar-refractivity contribution in [2.45, 2.75) is 50.5 Å². The normalized spacial score (nSPS) is 19.5. The summed E-state index contributed by atoms with van der Waals surface area (Å²) in [6, 6.07) is -0.552. The lowest BCUT2D eigenvalue weighted by Crippen LogP contribution is -2.40. The highest BCUT2D eigenvalue weighted by Crippen LogP contribution is 2.30. The molecule has 1 aliphatic heterocycles. The van der Waals surface area contributed by atoms with Crippen LogP contribution in [0.2, 0.25) is 0 Å². The molecule has 0 saturated carbocycles. The number of ketones is 1. The van der Waals surface area contributed by atoms with Crippen molar-refractivity contribution >= 4 is 15.8 Å². The monoisotopic (exact) mass is 325 g/mol. The number of hydrogen-bond acceptors (Lipinski definition) is 4. The molecule has 1 atom stereocenters. The molecule has 1 aromatic heterocycles. The second kappa shape index (κ2) is 6.34. The third-order valence-corrected chi connectivity index (χ3v) is 6.34. The summed E-state index contributed by atoms with van der Waals surface area (Å²) in [5.74, 6) is -0.0276. The van der Waals surface area contributed by atoms with Crippen LogP contribution in [0.4, 0.5) is 0 Å². The van der Waals surface area contributed by atoms with Crippen LogP contribution in [-0.2, 0) is 21.9 Å². The Hall–Kier alpha value is -1.47. The summed E-state index contributed by atoms with van der Waals surface area (Å²) in [5.41, 5.74) is 1.07. The zero-order chi connectivity index (χ0) is 16.5. The molecule has 0 aromatic carbocycles. The lowest BCUT2D eigenvalue weighted by atomic mass is 10.1. The minimum absolute atomic E-state index is 0.0276. The number of aromatic nitrogens is 2. The molecule has 0 N–H and O–H groups in total. The summed E-state index contributed by atoms with van der Waals surface area (Å²) in [5, 5.41) is 4.18. The van der Waals surface area contributed by atoms with Gasteiger partial charge in [0.25, 0.3) is 0 Å². The van der Waals surface area contributed by atoms with Crippen LogP contribution >= 0.6 is 0 Å². The fourth-order valence-electron chi connectivity index (χ4n) is 3.01. The van der Waals surface area contributed by atoms with Crippen LogP contribution in [0.25, 0.3) is 0 Å². The van der Waals surface area contributed by atoms with E-state index in [9.17, 15) is 13.2 Å². The van der Waals surface area contributed by atoms with Gasteiger partial charge in [-0.15, -0.1) is 6.58 Å². The van der Waals surface area contributed by atoms with Gasteiger partial charge in [0.1, 0.15) is 4.90 Å². The first-order valence-corrected chi connectivity index (χ1v) is 8.90. The van der Waals surface area contributed by atoms with Crippen molar-refractivity contribution in [2.24, 2.45) is 7.05 Å². The van der Waals surface area contributed by atoms with Crippen LogP contribution in [0.15, 0.2) is 17.6 Å². The molecule has 1 saturated heterocycles. The van der Waals surface area contributed by atoms with Gasteiger partial charge in [-0.05, 0) is 33.1 Å². The molecule has 0 bridgehead atoms. The Bertz CT molecular complexity index is 691. The maximum absolute atomic E-state index is 13.0. The van der Waals surface area contributed by atoms with Crippen LogP contribution in [0.5, 0.6) is 0 Å². The molecule has 0 amide bonds. The van der Waals surface area contributed by atoms with E-state index in [-0.39, 0.29) is 10.7 Å². The Labute approximate surface area is 131 Å². The molecule has 0 aliphatic carbocycles. The number of hydrogen-bond donors (Lipinski definition) is 0. The average Bonchev–Trinajstić information content (AvgIpc) is 3.02. The van der Waals surface area contributed by atoms with Crippen molar-refractivity contribution in [3.05, 3.63) is 24.0 Å². The molecule has 1 aromatic rings. The Balaban J connectivity index is 2.36. The number of nitrogens with zero attached hydrogens (tertiary/aromatic N) is 3. The zero-order valence-corrected chi connectivity index (χ0v) is 14.2. The Morgan fingerprint density at radius 1 is 1.45 bits per heavy atom. The number of allylic oxidation sites excluding steroid dienone is 1. The van der Waals surface area contributed by atoms with E-state index in [1.54, 1.807) is 31.7 Å². The van der Waals surface area contributed by atoms with Gasteiger partial charge in [0.05, 0.1) is 17.4 Å². The van der Waals surface area contributed by atoms with E-state index in [1.807, 2.05) is 0 Å². The van der Waals surface area contributed by atoms with Crippen LogP contribution < -0.4 is 0 Å². The predicted octanol–water partition coefficient (Wildman–Crippen LogP) is 1.73. The Kier molecular flexibility index (Phi) is 4.87. The molecule has 6 nitrogen and oxygen atoms in total. The van der Waals surface area contributed by atoms with E-state index >= 15 is 0 Å². The minimum atomic E-state index is -3.70. The van der Waals surface area contributed by atoms with Crippen molar-refractivity contribution in [3.63, 3.8) is 0 Å². The molecule has 1 fully saturated rings. The standard InChI is InChI=1S/C15H23N3O3S/c1-5-6-9-14(19)13-8-7-10-18(13)22(20,21)15-11(2)16-17(4)12(15)3/h5,13H,1,6-10H2,2-4H3/t13-/m0/s1. The summed E-state index contributed by atoms with van der Waals surface area (Å²) in [7, 11) is -1.97. The second-order valence-electron chi connectivity index (χ2n) is 5.69. The fourth-order valence-corrected chi connectivity index (χ4v) is 5.09. The van der Waals surface area contributed by atoms with Crippen molar-refractivity contribution in [2.75, 3.05) is 6.54 Å². The van der Waals surface area contributed by atoms with Gasteiger partial charge in [-0.25, -0.2) is 8.42 Å². The van der Waals surface area contributed by atoms with Crippen molar-refractivity contribution in [1.29, 1.82) is 0 Å². The van der Waals surface area contributed by atoms with Gasteiger partial charge in [-0.1, -0.05) is 6.08 Å². The van der Waals surface area contributed by atoms with Crippen LogP contribution in [0.1, 0.15) is 37.1 Å². The number of carbonyl (C=O) groups excluding carboxylic acids is 1. The Morgan fingerprint density at radius 2 is 2.14 bits per heavy atom. The van der Waals surface area contributed by atoms with Crippen molar-refractivity contribution < 1.29 is 13.2 Å². The van der Waals surface area contributed by atoms with Gasteiger partial charge in [-0.2, -0.15) is 9.40 Å². The zero-order valence-electron chi connectivity index (χ0n) is 13.4. The number of Topliss-reactive ketones (excluding diaryl/α,β-unsaturated/α-hetero) is 1. The summed E-state index contributed by atoms with van der Waals surface area (Å²) in [6.07, 6.45) is 3.90. The van der Waals surface area contributed by atoms with E-state index in [2.05, 4.69) is 11.7 Å². The highest BCUT2D eigenvalue weighted by atomic mass is 32.2. The first kappa shape index (κ1) is 16.9. The molecule has 0 spiro atoms. The predicted molar refractivity (Wildman–Crippen MR) is 84.0 cm³/mol. The molecule has 22 heavy (non-hydrogen) atoms. The molecular weight excluding hydrogens is 302 g/mol. The maximum atomic E-state index is 13.0. The van der Waals surface area contributed by atoms with Gasteiger partial charge in [-0.3, -0.25) is 9.48 Å². The van der Waals surface area contributed by atoms with Crippen LogP contribution in [0, 0.1) is 13.8 Å². The highest BCUT2D eigenvalue weighted by molar-refractivity contribution is 7.89. The molecule has 122 valence electrons. The Morgan fingerprint density at radius 3 is 2.68 bits per heavy atom. The largest absolute Gasteiger partial charge is 0.298 e. The molecule has 0 radical (unpaired) electrons. The third kappa shape index (κ3) is 2.87. The molecule has 2 heterocycles. The summed E-state index contributed by atoms with van der Waals surface area (Å²) in [4.78, 5) is 12.5. The van der Waals surface area contributed by atoms with Crippen molar-refractivity contribution in [1.82, 2.24) is 14.1 Å². The quantitative estimate of drug-likeness (QED) is 0.747. The summed E-state index contributed by atoms with van der Waals surface area (Å²) >= 11 is 0. The van der Waals surface area contributed by atoms with Gasteiger partial charge >= 0.3 is 0 Å². The van der Waals surface area contributed by atoms with Crippen LogP contribution in [-0.4, -0.2) is 40.9 Å². The molecular formula is C15H23N3O3S. The van der Waals surface area contributed by atoms with E-state index < -0.39 is 16.1 Å². The van der Waals surface area contributed by atoms with Gasteiger partial charge in [0, 0.05) is 20.0 Å². The highest BCUT2D eigenvalue weighted by Gasteiger charge is 2.40. The van der Waals surface area contributed by atoms with E-state index in [0.29, 0.717) is 43.6 Å². The molecule has 0 unspecified atom stereocenters. The molecule has 1 aliphatic rings. The van der Waals surface area contributed by atoms with Crippen LogP contribution in [0.3, 0.4) is 0 Å². The topological polar surface area (TPSA) is 72.3 Å². The van der Waals surface area contributed by atoms with Gasteiger partial charge < -0.3 is 0 Å². The number of rotatable bonds is 6. The average molecular weight is 325 g/mol. The molecule has 2 rings (SSSR count). The SMILES string of the molecule is C=CCCC(=O)[C@@H]1CCCN1S(=O)(=O)c1c(C)nn(C)c1C. The minimum Gasteiger partial charge on any atom is -0.298 e. The first-order chi connectivity index (χ1) is 10.3. The lowest BCUT2D eigenvalue weighted by molar-refractivity contribution is -0.122.